The van der Waals surface area contributed by atoms with Crippen LogP contribution >= 0.6 is 0 Å². The molecule has 16 nitrogen and oxygen atoms in total. The van der Waals surface area contributed by atoms with Crippen molar-refractivity contribution in [3.8, 4) is 0 Å². The molecule has 0 saturated carbocycles. The highest BCUT2D eigenvalue weighted by molar-refractivity contribution is 6.62. The van der Waals surface area contributed by atoms with Crippen LogP contribution < -0.4 is 10.6 Å². The van der Waals surface area contributed by atoms with Crippen molar-refractivity contribution in [2.45, 2.75) is 58.9 Å². The number of aliphatic carboxylic acids is 1. The van der Waals surface area contributed by atoms with E-state index in [4.69, 9.17) is 14.7 Å². The summed E-state index contributed by atoms with van der Waals surface area (Å²) in [4.78, 5) is 79.0. The third-order valence-electron chi connectivity index (χ3n) is 6.15. The van der Waals surface area contributed by atoms with E-state index in [1.807, 2.05) is 0 Å². The number of rotatable bonds is 13. The molecule has 1 aliphatic heterocycles. The van der Waals surface area contributed by atoms with Gasteiger partial charge in [-0.3, -0.25) is 24.5 Å². The number of esters is 1. The van der Waals surface area contributed by atoms with Gasteiger partial charge in [-0.05, 0) is 45.4 Å². The van der Waals surface area contributed by atoms with Gasteiger partial charge in [-0.2, -0.15) is 4.79 Å². The first-order chi connectivity index (χ1) is 18.6. The molecule has 1 aromatic rings. The van der Waals surface area contributed by atoms with Crippen molar-refractivity contribution >= 4 is 46.6 Å². The highest BCUT2D eigenvalue weighted by Gasteiger charge is 2.50. The molecule has 1 saturated heterocycles. The van der Waals surface area contributed by atoms with Gasteiger partial charge in [-0.1, -0.05) is 12.1 Å². The summed E-state index contributed by atoms with van der Waals surface area (Å²) in [5, 5.41) is 28.4. The first-order valence-corrected chi connectivity index (χ1v) is 11.8. The van der Waals surface area contributed by atoms with Gasteiger partial charge in [0, 0.05) is 24.1 Å². The molecule has 3 N–H and O–H groups in total. The van der Waals surface area contributed by atoms with Crippen molar-refractivity contribution in [1.82, 2.24) is 10.6 Å². The van der Waals surface area contributed by atoms with Crippen LogP contribution in [0.5, 0.6) is 0 Å². The molecule has 1 heterocycles. The topological polar surface area (TPSA) is 240 Å². The number of oxime groups is 1. The Morgan fingerprint density at radius 1 is 1.25 bits per heavy atom. The summed E-state index contributed by atoms with van der Waals surface area (Å²) in [6, 6.07) is 3.42. The van der Waals surface area contributed by atoms with Gasteiger partial charge >= 0.3 is 17.7 Å². The SMILES string of the molecule is C/C(=N/OC(C)(C)C(=O)O)C(=O)NC(C)[C@H]1C(=O)N[C@@H]1C(C)C(=O)C(=[N+]=[N-])C(=O)OCc1ccc([N+](=O)[O-])cc1. The Balaban J connectivity index is 2.02. The Morgan fingerprint density at radius 2 is 1.85 bits per heavy atom. The fraction of sp³-hybridized carbons (Fsp3) is 0.458. The lowest BCUT2D eigenvalue weighted by Gasteiger charge is -2.42. The maximum absolute atomic E-state index is 12.9. The van der Waals surface area contributed by atoms with Gasteiger partial charge in [0.1, 0.15) is 12.3 Å². The van der Waals surface area contributed by atoms with Gasteiger partial charge in [0.05, 0.1) is 16.9 Å². The van der Waals surface area contributed by atoms with Gasteiger partial charge in [0.25, 0.3) is 17.4 Å². The number of nitro groups is 1. The van der Waals surface area contributed by atoms with Crippen molar-refractivity contribution in [3.63, 3.8) is 0 Å². The molecule has 1 aliphatic rings. The summed E-state index contributed by atoms with van der Waals surface area (Å²) in [5.41, 5.74) is 6.70. The molecular formula is C24H28N6O10. The van der Waals surface area contributed by atoms with E-state index in [-0.39, 0.29) is 18.0 Å². The number of nitrogens with one attached hydrogen (secondary N) is 2. The van der Waals surface area contributed by atoms with Crippen molar-refractivity contribution in [3.05, 3.63) is 45.5 Å². The molecule has 214 valence electrons. The summed E-state index contributed by atoms with van der Waals surface area (Å²) in [7, 11) is 0. The average Bonchev–Trinajstić information content (AvgIpc) is 2.88. The Labute approximate surface area is 227 Å². The lowest BCUT2D eigenvalue weighted by Crippen LogP contribution is -2.68. The Hall–Kier alpha value is -4.98. The van der Waals surface area contributed by atoms with E-state index in [0.29, 0.717) is 5.56 Å². The largest absolute Gasteiger partial charge is 0.478 e. The second kappa shape index (κ2) is 12.7. The number of ether oxygens (including phenoxy) is 1. The van der Waals surface area contributed by atoms with Crippen LogP contribution in [0.25, 0.3) is 5.53 Å². The van der Waals surface area contributed by atoms with E-state index >= 15 is 0 Å². The van der Waals surface area contributed by atoms with E-state index in [0.717, 1.165) is 0 Å². The summed E-state index contributed by atoms with van der Waals surface area (Å²) in [6.07, 6.45) is 0. The number of carbonyl (C=O) groups excluding carboxylic acids is 4. The number of ketones is 1. The Kier molecular flexibility index (Phi) is 9.93. The minimum absolute atomic E-state index is 0.169. The lowest BCUT2D eigenvalue weighted by molar-refractivity contribution is -0.384. The average molecular weight is 561 g/mol. The molecule has 4 atom stereocenters. The van der Waals surface area contributed by atoms with Crippen LogP contribution in [0.1, 0.15) is 40.2 Å². The smallest absolute Gasteiger partial charge is 0.441 e. The van der Waals surface area contributed by atoms with E-state index < -0.39 is 69.7 Å². The van der Waals surface area contributed by atoms with Crippen LogP contribution in [-0.2, 0) is 40.2 Å². The van der Waals surface area contributed by atoms with Crippen molar-refractivity contribution < 1.29 is 48.4 Å². The first kappa shape index (κ1) is 31.2. The van der Waals surface area contributed by atoms with E-state index in [2.05, 4.69) is 20.6 Å². The number of carboxylic acids is 1. The zero-order valence-corrected chi connectivity index (χ0v) is 22.2. The highest BCUT2D eigenvalue weighted by Crippen LogP contribution is 2.26. The van der Waals surface area contributed by atoms with E-state index in [1.54, 1.807) is 0 Å². The summed E-state index contributed by atoms with van der Waals surface area (Å²) in [5.74, 6) is -6.72. The molecule has 2 unspecified atom stereocenters. The zero-order valence-electron chi connectivity index (χ0n) is 22.2. The fourth-order valence-electron chi connectivity index (χ4n) is 3.56. The van der Waals surface area contributed by atoms with Gasteiger partial charge in [0.2, 0.25) is 11.5 Å². The van der Waals surface area contributed by atoms with Gasteiger partial charge in [-0.25, -0.2) is 9.59 Å². The second-order valence-electron chi connectivity index (χ2n) is 9.51. The minimum Gasteiger partial charge on any atom is -0.478 e. The van der Waals surface area contributed by atoms with Gasteiger partial charge < -0.3 is 30.8 Å². The number of nitro benzene ring substituents is 1. The third kappa shape index (κ3) is 7.32. The molecule has 0 radical (unpaired) electrons. The maximum atomic E-state index is 12.9. The standard InChI is InChI=1S/C24H28N6O10/c1-11(19(31)18(28-25)22(34)39-10-14-6-8-15(9-7-14)30(37)38)17-16(21(33)27-17)12(2)26-20(32)13(3)29-40-24(4,5)23(35)36/h6-9,11-12,16-17H,10H2,1-5H3,(H,26,32)(H,27,33)(H,35,36)/b29-13-/t11?,12?,16-,17-/m1/s1. The Morgan fingerprint density at radius 3 is 2.35 bits per heavy atom. The van der Waals surface area contributed by atoms with Crippen molar-refractivity contribution in [2.24, 2.45) is 17.0 Å². The normalized spacial score (nSPS) is 18.1. The van der Waals surface area contributed by atoms with Crippen LogP contribution in [0.2, 0.25) is 0 Å². The Bertz CT molecular complexity index is 1300. The van der Waals surface area contributed by atoms with E-state index in [9.17, 15) is 39.6 Å². The molecule has 1 fully saturated rings. The number of amides is 2. The number of nitrogens with zero attached hydrogens (tertiary/aromatic N) is 4. The molecule has 1 aromatic carbocycles. The molecule has 16 heteroatoms. The van der Waals surface area contributed by atoms with Crippen LogP contribution in [0.15, 0.2) is 29.4 Å². The van der Waals surface area contributed by atoms with Crippen LogP contribution in [0.4, 0.5) is 5.69 Å². The van der Waals surface area contributed by atoms with Crippen LogP contribution in [-0.4, -0.2) is 73.5 Å². The predicted molar refractivity (Wildman–Crippen MR) is 135 cm³/mol. The molecule has 0 spiro atoms. The number of benzene rings is 1. The maximum Gasteiger partial charge on any atom is 0.441 e. The van der Waals surface area contributed by atoms with Gasteiger partial charge in [-0.15, -0.1) is 0 Å². The number of hydrogen-bond acceptors (Lipinski definition) is 10. The summed E-state index contributed by atoms with van der Waals surface area (Å²) in [6.45, 7) is 6.28. The number of β-lactam (4-membered cyclic amide) rings is 1. The molecule has 0 bridgehead atoms. The first-order valence-electron chi connectivity index (χ1n) is 11.8. The lowest BCUT2D eigenvalue weighted by atomic mass is 9.75. The zero-order chi connectivity index (χ0) is 30.4. The molecular weight excluding hydrogens is 532 g/mol. The minimum atomic E-state index is -1.68. The second-order valence-corrected chi connectivity index (χ2v) is 9.51. The summed E-state index contributed by atoms with van der Waals surface area (Å²) >= 11 is 0. The molecule has 2 rings (SSSR count). The summed E-state index contributed by atoms with van der Waals surface area (Å²) < 4.78 is 4.99. The van der Waals surface area contributed by atoms with Gasteiger partial charge in [0.15, 0.2) is 0 Å². The quantitative estimate of drug-likeness (QED) is 0.0438. The highest BCUT2D eigenvalue weighted by atomic mass is 16.7. The predicted octanol–water partition coefficient (Wildman–Crippen LogP) is 0.389. The third-order valence-corrected chi connectivity index (χ3v) is 6.15. The van der Waals surface area contributed by atoms with Crippen molar-refractivity contribution in [2.75, 3.05) is 0 Å². The van der Waals surface area contributed by atoms with Crippen LogP contribution in [0, 0.1) is 22.0 Å². The molecule has 0 aromatic heterocycles. The monoisotopic (exact) mass is 560 g/mol. The molecule has 0 aliphatic carbocycles. The van der Waals surface area contributed by atoms with Crippen molar-refractivity contribution in [1.29, 1.82) is 0 Å². The number of non-ortho nitro benzene ring substituents is 1. The number of carboxylic acid groups (broad SMARTS) is 1. The number of carbonyl (C=O) groups is 5. The fourth-order valence-corrected chi connectivity index (χ4v) is 3.56. The molecule has 40 heavy (non-hydrogen) atoms. The number of hydrogen-bond donors (Lipinski definition) is 3. The van der Waals surface area contributed by atoms with Crippen LogP contribution in [0.3, 0.4) is 0 Å². The number of Topliss-reactive ketones (excluding diaryl/α,β-unsaturated/α-hetero) is 1. The molecule has 2 amide bonds. The van der Waals surface area contributed by atoms with E-state index in [1.165, 1.54) is 58.9 Å².